The molecule has 144 valence electrons. The van der Waals surface area contributed by atoms with Gasteiger partial charge in [0.05, 0.1) is 16.7 Å². The highest BCUT2D eigenvalue weighted by atomic mass is 32.1. The Morgan fingerprint density at radius 3 is 2.70 bits per heavy atom. The van der Waals surface area contributed by atoms with Crippen LogP contribution in [0.1, 0.15) is 44.6 Å². The Bertz CT molecular complexity index is 846. The Balaban J connectivity index is 2.01. The second-order valence-corrected chi connectivity index (χ2v) is 8.09. The number of carbonyl (C=O) groups is 1. The van der Waals surface area contributed by atoms with Crippen LogP contribution in [0.3, 0.4) is 0 Å². The van der Waals surface area contributed by atoms with E-state index in [9.17, 15) is 4.79 Å². The van der Waals surface area contributed by atoms with E-state index in [1.54, 1.807) is 28.2 Å². The predicted molar refractivity (Wildman–Crippen MR) is 104 cm³/mol. The van der Waals surface area contributed by atoms with E-state index in [4.69, 9.17) is 22.7 Å². The van der Waals surface area contributed by atoms with Crippen LogP contribution in [0, 0.1) is 12.8 Å². The first kappa shape index (κ1) is 19.2. The predicted octanol–water partition coefficient (Wildman–Crippen LogP) is 2.55. The molecule has 2 N–H and O–H groups in total. The van der Waals surface area contributed by atoms with E-state index in [1.165, 1.54) is 0 Å². The maximum Gasteiger partial charge on any atom is 0.410 e. The van der Waals surface area contributed by atoms with Crippen molar-refractivity contribution in [1.29, 1.82) is 0 Å². The summed E-state index contributed by atoms with van der Waals surface area (Å²) < 4.78 is 7.30. The number of imidazole rings is 1. The van der Waals surface area contributed by atoms with Gasteiger partial charge in [0, 0.05) is 30.6 Å². The van der Waals surface area contributed by atoms with Crippen molar-refractivity contribution in [1.82, 2.24) is 24.4 Å². The van der Waals surface area contributed by atoms with E-state index in [-0.39, 0.29) is 12.0 Å². The maximum atomic E-state index is 12.8. The van der Waals surface area contributed by atoms with Gasteiger partial charge in [-0.25, -0.2) is 19.7 Å². The molecule has 0 unspecified atom stereocenters. The number of hydrogen-bond donors (Lipinski definition) is 1. The van der Waals surface area contributed by atoms with Crippen molar-refractivity contribution in [2.24, 2.45) is 11.7 Å². The molecule has 27 heavy (non-hydrogen) atoms. The van der Waals surface area contributed by atoms with Crippen LogP contribution >= 0.6 is 12.2 Å². The van der Waals surface area contributed by atoms with Gasteiger partial charge in [-0.1, -0.05) is 12.2 Å². The van der Waals surface area contributed by atoms with Crippen LogP contribution in [-0.2, 0) is 4.74 Å². The van der Waals surface area contributed by atoms with E-state index in [1.807, 2.05) is 33.8 Å². The molecule has 1 saturated heterocycles. The highest BCUT2D eigenvalue weighted by Crippen LogP contribution is 2.38. The lowest BCUT2D eigenvalue weighted by Crippen LogP contribution is -2.39. The van der Waals surface area contributed by atoms with Crippen molar-refractivity contribution in [3.63, 3.8) is 0 Å². The lowest BCUT2D eigenvalue weighted by molar-refractivity contribution is 0.0212. The van der Waals surface area contributed by atoms with Crippen LogP contribution in [-0.4, -0.2) is 47.6 Å². The number of aromatic nitrogens is 4. The van der Waals surface area contributed by atoms with E-state index < -0.39 is 11.7 Å². The fraction of sp³-hybridized carbons (Fsp3) is 0.500. The fourth-order valence-electron chi connectivity index (χ4n) is 3.20. The average molecular weight is 388 g/mol. The Kier molecular flexibility index (Phi) is 5.14. The van der Waals surface area contributed by atoms with E-state index >= 15 is 0 Å². The zero-order valence-electron chi connectivity index (χ0n) is 15.9. The van der Waals surface area contributed by atoms with Crippen molar-refractivity contribution >= 4 is 23.3 Å². The van der Waals surface area contributed by atoms with Gasteiger partial charge in [-0.05, 0) is 40.2 Å². The molecule has 0 spiro atoms. The van der Waals surface area contributed by atoms with Crippen molar-refractivity contribution in [3.8, 4) is 5.95 Å². The van der Waals surface area contributed by atoms with Crippen LogP contribution in [0.25, 0.3) is 5.95 Å². The summed E-state index contributed by atoms with van der Waals surface area (Å²) in [7, 11) is 0. The Labute approximate surface area is 163 Å². The van der Waals surface area contributed by atoms with Crippen LogP contribution in [0.15, 0.2) is 24.8 Å². The minimum absolute atomic E-state index is 0.169. The molecule has 0 aromatic carbocycles. The monoisotopic (exact) mass is 388 g/mol. The van der Waals surface area contributed by atoms with Gasteiger partial charge in [0.1, 0.15) is 11.9 Å². The minimum Gasteiger partial charge on any atom is -0.444 e. The standard InChI is InChI=1S/C18H24N6O2S/c1-11-9-13(22-16(21-11)23-8-6-20-10-23)14-12(15(19)27)5-7-24(14)17(25)26-18(2,3)4/h6,8-10,12,14H,5,7H2,1-4H3,(H2,19,27)/t12-,14+/m0/s1. The fourth-order valence-corrected chi connectivity index (χ4v) is 3.45. The first-order chi connectivity index (χ1) is 12.7. The molecular weight excluding hydrogens is 364 g/mol. The molecule has 2 aromatic rings. The van der Waals surface area contributed by atoms with Crippen LogP contribution in [0.4, 0.5) is 4.79 Å². The molecule has 1 amide bonds. The topological polar surface area (TPSA) is 99.2 Å². The second kappa shape index (κ2) is 7.22. The van der Waals surface area contributed by atoms with Gasteiger partial charge in [-0.2, -0.15) is 0 Å². The van der Waals surface area contributed by atoms with Crippen LogP contribution in [0.2, 0.25) is 0 Å². The molecular formula is C18H24N6O2S. The Morgan fingerprint density at radius 2 is 2.11 bits per heavy atom. The minimum atomic E-state index is -0.591. The molecule has 1 aliphatic rings. The third kappa shape index (κ3) is 4.24. The van der Waals surface area contributed by atoms with Crippen molar-refractivity contribution in [2.45, 2.75) is 45.8 Å². The van der Waals surface area contributed by atoms with Gasteiger partial charge >= 0.3 is 6.09 Å². The molecule has 0 aliphatic carbocycles. The molecule has 2 atom stereocenters. The summed E-state index contributed by atoms with van der Waals surface area (Å²) in [5.41, 5.74) is 6.86. The average Bonchev–Trinajstić information content (AvgIpc) is 3.22. The summed E-state index contributed by atoms with van der Waals surface area (Å²) >= 11 is 5.27. The molecule has 3 rings (SSSR count). The SMILES string of the molecule is Cc1cc([C@H]2[C@@H](C(N)=S)CCN2C(=O)OC(C)(C)C)nc(-n2ccnc2)n1. The third-order valence-electron chi connectivity index (χ3n) is 4.29. The zero-order valence-corrected chi connectivity index (χ0v) is 16.7. The zero-order chi connectivity index (χ0) is 19.8. The number of likely N-dealkylation sites (tertiary alicyclic amines) is 1. The lowest BCUT2D eigenvalue weighted by Gasteiger charge is -2.30. The number of thiocarbonyl (C=S) groups is 1. The highest BCUT2D eigenvalue weighted by molar-refractivity contribution is 7.80. The number of nitrogens with two attached hydrogens (primary N) is 1. The van der Waals surface area contributed by atoms with Gasteiger partial charge in [-0.3, -0.25) is 9.47 Å². The van der Waals surface area contributed by atoms with Gasteiger partial charge in [0.2, 0.25) is 5.95 Å². The smallest absolute Gasteiger partial charge is 0.410 e. The molecule has 8 nitrogen and oxygen atoms in total. The largest absolute Gasteiger partial charge is 0.444 e. The second-order valence-electron chi connectivity index (χ2n) is 7.62. The highest BCUT2D eigenvalue weighted by Gasteiger charge is 2.42. The first-order valence-corrected chi connectivity index (χ1v) is 9.19. The van der Waals surface area contributed by atoms with Gasteiger partial charge in [0.15, 0.2) is 0 Å². The molecule has 0 bridgehead atoms. The summed E-state index contributed by atoms with van der Waals surface area (Å²) in [6.45, 7) is 7.91. The van der Waals surface area contributed by atoms with Crippen LogP contribution in [0.5, 0.6) is 0 Å². The molecule has 3 heterocycles. The first-order valence-electron chi connectivity index (χ1n) is 8.78. The quantitative estimate of drug-likeness (QED) is 0.807. The number of amides is 1. The van der Waals surface area contributed by atoms with E-state index in [0.29, 0.717) is 29.6 Å². The third-order valence-corrected chi connectivity index (χ3v) is 4.59. The normalized spacial score (nSPS) is 19.9. The molecule has 2 aromatic heterocycles. The molecule has 1 fully saturated rings. The number of ether oxygens (including phenoxy) is 1. The summed E-state index contributed by atoms with van der Waals surface area (Å²) in [6.07, 6.45) is 5.33. The molecule has 0 saturated carbocycles. The lowest BCUT2D eigenvalue weighted by atomic mass is 9.97. The summed E-state index contributed by atoms with van der Waals surface area (Å²) in [5, 5.41) is 0. The summed E-state index contributed by atoms with van der Waals surface area (Å²) in [6, 6.07) is 1.47. The van der Waals surface area contributed by atoms with E-state index in [2.05, 4.69) is 15.0 Å². The molecule has 9 heteroatoms. The van der Waals surface area contributed by atoms with Gasteiger partial charge in [0.25, 0.3) is 0 Å². The number of rotatable bonds is 3. The maximum absolute atomic E-state index is 12.8. The van der Waals surface area contributed by atoms with Crippen LogP contribution < -0.4 is 5.73 Å². The van der Waals surface area contributed by atoms with Crippen molar-refractivity contribution in [2.75, 3.05) is 6.54 Å². The number of carbonyl (C=O) groups excluding carboxylic acids is 1. The van der Waals surface area contributed by atoms with Crippen molar-refractivity contribution in [3.05, 3.63) is 36.2 Å². The summed E-state index contributed by atoms with van der Waals surface area (Å²) in [4.78, 5) is 28.0. The van der Waals surface area contributed by atoms with Gasteiger partial charge < -0.3 is 10.5 Å². The number of aryl methyl sites for hydroxylation is 1. The van der Waals surface area contributed by atoms with Crippen molar-refractivity contribution < 1.29 is 9.53 Å². The molecule has 0 radical (unpaired) electrons. The summed E-state index contributed by atoms with van der Waals surface area (Å²) in [5.74, 6) is 0.317. The van der Waals surface area contributed by atoms with Gasteiger partial charge in [-0.15, -0.1) is 0 Å². The number of nitrogens with zero attached hydrogens (tertiary/aromatic N) is 5. The van der Waals surface area contributed by atoms with E-state index in [0.717, 1.165) is 5.69 Å². The Hall–Kier alpha value is -2.55. The molecule has 1 aliphatic heterocycles. The number of hydrogen-bond acceptors (Lipinski definition) is 6. The Morgan fingerprint density at radius 1 is 1.37 bits per heavy atom.